The van der Waals surface area contributed by atoms with Crippen molar-refractivity contribution < 1.29 is 20.1 Å². The van der Waals surface area contributed by atoms with E-state index in [1.54, 1.807) is 6.20 Å². The Balaban J connectivity index is 0.000000250. The number of nitrogens with zero attached hydrogens (tertiary/aromatic N) is 2. The van der Waals surface area contributed by atoms with E-state index in [0.717, 1.165) is 22.5 Å². The first-order valence-corrected chi connectivity index (χ1v) is 23.0. The molecule has 0 aliphatic heterocycles. The number of aromatic nitrogens is 2. The molecule has 47 heavy (non-hydrogen) atoms. The summed E-state index contributed by atoms with van der Waals surface area (Å²) in [5.41, 5.74) is 6.52. The molecular weight excluding hydrogens is 809 g/mol. The molecule has 2 nitrogen and oxygen atoms in total. The molecule has 0 aliphatic rings. The minimum atomic E-state index is -1.89. The number of rotatable bonds is 4. The Hall–Kier alpha value is -4.41. The van der Waals surface area contributed by atoms with Crippen LogP contribution in [0.25, 0.3) is 66.0 Å². The van der Waals surface area contributed by atoms with Crippen molar-refractivity contribution in [2.45, 2.75) is 17.3 Å². The van der Waals surface area contributed by atoms with E-state index >= 15 is 0 Å². The van der Waals surface area contributed by atoms with E-state index in [1.165, 1.54) is 47.8 Å². The fourth-order valence-electron chi connectivity index (χ4n) is 5.92. The maximum Gasteiger partial charge on any atom is 0.0160 e. The van der Waals surface area contributed by atoms with Gasteiger partial charge in [-0.15, -0.1) is 35.9 Å². The van der Waals surface area contributed by atoms with Gasteiger partial charge in [0.05, 0.1) is 0 Å². The molecule has 0 fully saturated rings. The molecule has 0 amide bonds. The van der Waals surface area contributed by atoms with Gasteiger partial charge in [-0.2, -0.15) is 0 Å². The summed E-state index contributed by atoms with van der Waals surface area (Å²) in [6.45, 7) is 0. The molecular formula is C43H34GeIrN2-2. The molecule has 231 valence electrons. The van der Waals surface area contributed by atoms with Gasteiger partial charge in [-0.1, -0.05) is 42.5 Å². The van der Waals surface area contributed by atoms with Crippen LogP contribution >= 0.6 is 0 Å². The van der Waals surface area contributed by atoms with Crippen LogP contribution in [0.15, 0.2) is 152 Å². The Morgan fingerprint density at radius 1 is 0.489 bits per heavy atom. The van der Waals surface area contributed by atoms with E-state index in [-0.39, 0.29) is 20.1 Å². The van der Waals surface area contributed by atoms with E-state index in [4.69, 9.17) is 4.98 Å². The third-order valence-corrected chi connectivity index (χ3v) is 12.7. The average Bonchev–Trinajstić information content (AvgIpc) is 3.12. The van der Waals surface area contributed by atoms with Crippen LogP contribution in [0.4, 0.5) is 0 Å². The molecule has 0 bridgehead atoms. The maximum absolute atomic E-state index is 4.83. The van der Waals surface area contributed by atoms with Crippen LogP contribution in [-0.4, -0.2) is 23.2 Å². The van der Waals surface area contributed by atoms with Crippen molar-refractivity contribution in [1.82, 2.24) is 9.97 Å². The molecule has 0 saturated heterocycles. The zero-order valence-corrected chi connectivity index (χ0v) is 31.2. The molecule has 8 aromatic rings. The predicted molar refractivity (Wildman–Crippen MR) is 198 cm³/mol. The van der Waals surface area contributed by atoms with Crippen molar-refractivity contribution >= 4 is 50.0 Å². The SMILES string of the molecule is [CH3][Ge]([CH3])([CH3])[c]1ccc(-c2[c-]cc3c4ccccc4c4cc(-c5ccccc5)ccc4c3c2)nc1.[Ir].[c-]1ccccc1-c1ccccn1. The van der Waals surface area contributed by atoms with Crippen LogP contribution in [-0.2, 0) is 20.1 Å². The summed E-state index contributed by atoms with van der Waals surface area (Å²) >= 11 is -1.89. The van der Waals surface area contributed by atoms with Gasteiger partial charge in [0, 0.05) is 26.3 Å². The quantitative estimate of drug-likeness (QED) is 0.100. The fourth-order valence-corrected chi connectivity index (χ4v) is 8.09. The number of pyridine rings is 2. The summed E-state index contributed by atoms with van der Waals surface area (Å²) < 4.78 is 1.43. The molecule has 2 aromatic heterocycles. The molecule has 0 spiro atoms. The van der Waals surface area contributed by atoms with Crippen LogP contribution < -0.4 is 4.40 Å². The maximum atomic E-state index is 4.83. The molecule has 0 unspecified atom stereocenters. The van der Waals surface area contributed by atoms with Gasteiger partial charge < -0.3 is 4.98 Å². The minimum Gasteiger partial charge on any atom is -0.305 e. The van der Waals surface area contributed by atoms with E-state index in [2.05, 4.69) is 138 Å². The van der Waals surface area contributed by atoms with E-state index in [1.807, 2.05) is 42.5 Å². The van der Waals surface area contributed by atoms with Gasteiger partial charge in [-0.05, 0) is 11.8 Å². The smallest absolute Gasteiger partial charge is 0.0160 e. The van der Waals surface area contributed by atoms with Gasteiger partial charge in [-0.25, -0.2) is 0 Å². The topological polar surface area (TPSA) is 25.8 Å². The Labute approximate surface area is 293 Å². The number of fused-ring (bicyclic) bond motifs is 6. The predicted octanol–water partition coefficient (Wildman–Crippen LogP) is 10.8. The summed E-state index contributed by atoms with van der Waals surface area (Å²) in [6, 6.07) is 55.4. The Morgan fingerprint density at radius 2 is 1.17 bits per heavy atom. The summed E-state index contributed by atoms with van der Waals surface area (Å²) in [5, 5.41) is 7.59. The Kier molecular flexibility index (Phi) is 9.79. The Bertz CT molecular complexity index is 2230. The third kappa shape index (κ3) is 6.99. The summed E-state index contributed by atoms with van der Waals surface area (Å²) in [4.78, 5) is 9.05. The third-order valence-electron chi connectivity index (χ3n) is 8.43. The number of hydrogen-bond acceptors (Lipinski definition) is 2. The molecule has 1 radical (unpaired) electrons. The average molecular weight is 844 g/mol. The summed E-state index contributed by atoms with van der Waals surface area (Å²) in [6.07, 6.45) is 3.87. The second-order valence-electron chi connectivity index (χ2n) is 12.5. The first-order valence-electron chi connectivity index (χ1n) is 15.7. The largest absolute Gasteiger partial charge is 0.305 e. The normalized spacial score (nSPS) is 11.1. The number of benzene rings is 6. The van der Waals surface area contributed by atoms with E-state index in [0.29, 0.717) is 0 Å². The molecule has 0 saturated carbocycles. The van der Waals surface area contributed by atoms with Crippen molar-refractivity contribution in [3.05, 3.63) is 164 Å². The molecule has 0 aliphatic carbocycles. The summed E-state index contributed by atoms with van der Waals surface area (Å²) in [7, 11) is 0. The molecule has 8 rings (SSSR count). The molecule has 4 heteroatoms. The zero-order chi connectivity index (χ0) is 31.5. The van der Waals surface area contributed by atoms with Gasteiger partial charge in [-0.3, -0.25) is 0 Å². The second-order valence-corrected chi connectivity index (χ2v) is 23.2. The molecule has 0 N–H and O–H groups in total. The van der Waals surface area contributed by atoms with Crippen LogP contribution in [0, 0.1) is 12.1 Å². The van der Waals surface area contributed by atoms with E-state index in [9.17, 15) is 0 Å². The molecule has 6 aromatic carbocycles. The van der Waals surface area contributed by atoms with E-state index < -0.39 is 13.3 Å². The van der Waals surface area contributed by atoms with Crippen molar-refractivity contribution in [3.63, 3.8) is 0 Å². The standard InChI is InChI=1S/C32H26GeN.C11H8N.Ir/c1-33(2,3)25-15-18-32(34-21-25)24-14-17-28-26-11-7-8-12-27(26)30-19-23(22-9-5-4-6-10-22)13-16-29(30)31(28)20-24;1-2-6-10(7-3-1)11-8-4-5-9-12-11;/h4-13,15-21H,1-3H3;1-6,8-9H;/q2*-1;. The van der Waals surface area contributed by atoms with Crippen molar-refractivity contribution in [2.75, 3.05) is 0 Å². The van der Waals surface area contributed by atoms with Gasteiger partial charge in [0.2, 0.25) is 0 Å². The fraction of sp³-hybridized carbons (Fsp3) is 0.0698. The van der Waals surface area contributed by atoms with Crippen LogP contribution in [0.3, 0.4) is 0 Å². The molecule has 0 atom stereocenters. The minimum absolute atomic E-state index is 0. The first kappa shape index (κ1) is 32.5. The van der Waals surface area contributed by atoms with Crippen molar-refractivity contribution in [1.29, 1.82) is 0 Å². The van der Waals surface area contributed by atoms with Crippen LogP contribution in [0.1, 0.15) is 0 Å². The second kappa shape index (κ2) is 14.2. The van der Waals surface area contributed by atoms with Crippen LogP contribution in [0.5, 0.6) is 0 Å². The van der Waals surface area contributed by atoms with Crippen molar-refractivity contribution in [3.8, 4) is 33.6 Å². The van der Waals surface area contributed by atoms with Gasteiger partial charge in [0.25, 0.3) is 0 Å². The van der Waals surface area contributed by atoms with Gasteiger partial charge >= 0.3 is 174 Å². The zero-order valence-electron chi connectivity index (χ0n) is 26.7. The Morgan fingerprint density at radius 3 is 1.85 bits per heavy atom. The molecule has 2 heterocycles. The van der Waals surface area contributed by atoms with Gasteiger partial charge in [0.15, 0.2) is 0 Å². The van der Waals surface area contributed by atoms with Gasteiger partial charge in [0.1, 0.15) is 0 Å². The van der Waals surface area contributed by atoms with Crippen molar-refractivity contribution in [2.24, 2.45) is 0 Å². The monoisotopic (exact) mass is 845 g/mol. The number of hydrogen-bond donors (Lipinski definition) is 0. The van der Waals surface area contributed by atoms with Crippen LogP contribution in [0.2, 0.25) is 17.3 Å². The first-order chi connectivity index (χ1) is 22.5. The summed E-state index contributed by atoms with van der Waals surface area (Å²) in [5.74, 6) is 7.21.